The second-order valence-electron chi connectivity index (χ2n) is 9.93. The normalized spacial score (nSPS) is 19.0. The third-order valence-electron chi connectivity index (χ3n) is 7.03. The van der Waals surface area contributed by atoms with Crippen molar-refractivity contribution in [2.45, 2.75) is 51.7 Å². The topological polar surface area (TPSA) is 115 Å². The number of carbonyl (C=O) groups is 1. The molecular formula is C26H27N9OS. The first kappa shape index (κ1) is 23.4. The lowest BCUT2D eigenvalue weighted by atomic mass is 10.1. The van der Waals surface area contributed by atoms with Gasteiger partial charge >= 0.3 is 0 Å². The van der Waals surface area contributed by atoms with Crippen LogP contribution < -0.4 is 10.2 Å². The summed E-state index contributed by atoms with van der Waals surface area (Å²) in [5.74, 6) is 0.140. The van der Waals surface area contributed by atoms with Crippen LogP contribution >= 0.6 is 11.3 Å². The van der Waals surface area contributed by atoms with E-state index in [4.69, 9.17) is 4.98 Å². The molecule has 2 aliphatic rings. The van der Waals surface area contributed by atoms with Crippen LogP contribution in [0.15, 0.2) is 36.7 Å². The van der Waals surface area contributed by atoms with Crippen LogP contribution in [0.2, 0.25) is 0 Å². The molecule has 2 bridgehead atoms. The second kappa shape index (κ2) is 9.12. The van der Waals surface area contributed by atoms with Gasteiger partial charge in [0.25, 0.3) is 0 Å². The Balaban J connectivity index is 1.34. The van der Waals surface area contributed by atoms with Gasteiger partial charge in [-0.3, -0.25) is 9.78 Å². The molecule has 37 heavy (non-hydrogen) atoms. The van der Waals surface area contributed by atoms with Gasteiger partial charge in [0.15, 0.2) is 5.01 Å². The van der Waals surface area contributed by atoms with Crippen molar-refractivity contribution in [1.29, 1.82) is 5.26 Å². The third-order valence-corrected chi connectivity index (χ3v) is 8.00. The van der Waals surface area contributed by atoms with Crippen LogP contribution in [-0.2, 0) is 4.79 Å². The number of aromatic nitrogens is 5. The van der Waals surface area contributed by atoms with Crippen molar-refractivity contribution < 1.29 is 4.79 Å². The van der Waals surface area contributed by atoms with Crippen LogP contribution in [0.5, 0.6) is 0 Å². The van der Waals surface area contributed by atoms with Crippen molar-refractivity contribution in [1.82, 2.24) is 29.7 Å². The highest BCUT2D eigenvalue weighted by Gasteiger charge is 2.42. The number of pyridine rings is 1. The zero-order valence-corrected chi connectivity index (χ0v) is 21.7. The van der Waals surface area contributed by atoms with Crippen molar-refractivity contribution in [3.63, 3.8) is 0 Å². The number of amides is 1. The van der Waals surface area contributed by atoms with Crippen LogP contribution in [0.1, 0.15) is 39.2 Å². The quantitative estimate of drug-likeness (QED) is 0.428. The molecule has 0 spiro atoms. The SMILES string of the molecule is CC(=O)N1CC2CCC(C1)N2c1nnc(-c2cnc(-c3ccc4cc(C#N)cnn34)cc2NC(C)C)s1. The Kier molecular flexibility index (Phi) is 5.76. The molecule has 6 heterocycles. The lowest BCUT2D eigenvalue weighted by Crippen LogP contribution is -2.55. The number of carbonyl (C=O) groups excluding carboxylic acids is 1. The summed E-state index contributed by atoms with van der Waals surface area (Å²) in [6.07, 6.45) is 5.53. The Labute approximate surface area is 218 Å². The molecule has 2 fully saturated rings. The van der Waals surface area contributed by atoms with Gasteiger partial charge in [-0.05, 0) is 51.0 Å². The predicted octanol–water partition coefficient (Wildman–Crippen LogP) is 3.81. The molecule has 4 aromatic heterocycles. The molecule has 4 aromatic rings. The summed E-state index contributed by atoms with van der Waals surface area (Å²) >= 11 is 1.57. The maximum atomic E-state index is 11.9. The van der Waals surface area contributed by atoms with Crippen molar-refractivity contribution in [2.75, 3.05) is 23.3 Å². The van der Waals surface area contributed by atoms with E-state index in [0.717, 1.165) is 64.2 Å². The summed E-state index contributed by atoms with van der Waals surface area (Å²) in [6, 6.07) is 10.6. The average molecular weight is 514 g/mol. The van der Waals surface area contributed by atoms with E-state index in [1.54, 1.807) is 29.0 Å². The minimum Gasteiger partial charge on any atom is -0.382 e. The van der Waals surface area contributed by atoms with E-state index in [2.05, 4.69) is 45.4 Å². The number of fused-ring (bicyclic) bond motifs is 3. The minimum atomic E-state index is 0.140. The van der Waals surface area contributed by atoms with Gasteiger partial charge in [-0.2, -0.15) is 10.4 Å². The van der Waals surface area contributed by atoms with Gasteiger partial charge in [-0.15, -0.1) is 10.2 Å². The molecule has 0 saturated carbocycles. The number of nitriles is 1. The number of piperazine rings is 1. The van der Waals surface area contributed by atoms with Crippen molar-refractivity contribution in [3.05, 3.63) is 42.2 Å². The lowest BCUT2D eigenvalue weighted by molar-refractivity contribution is -0.129. The summed E-state index contributed by atoms with van der Waals surface area (Å²) in [5.41, 5.74) is 4.80. The van der Waals surface area contributed by atoms with Crippen LogP contribution in [0.25, 0.3) is 27.5 Å². The largest absolute Gasteiger partial charge is 0.382 e. The van der Waals surface area contributed by atoms with E-state index in [1.807, 2.05) is 35.4 Å². The molecule has 2 unspecified atom stereocenters. The molecule has 11 heteroatoms. The van der Waals surface area contributed by atoms with Crippen molar-refractivity contribution in [3.8, 4) is 28.0 Å². The van der Waals surface area contributed by atoms with Crippen molar-refractivity contribution in [2.24, 2.45) is 0 Å². The van der Waals surface area contributed by atoms with E-state index < -0.39 is 0 Å². The molecule has 0 aliphatic carbocycles. The highest BCUT2D eigenvalue weighted by molar-refractivity contribution is 7.18. The molecule has 1 amide bonds. The smallest absolute Gasteiger partial charge is 0.219 e. The monoisotopic (exact) mass is 513 g/mol. The van der Waals surface area contributed by atoms with Gasteiger partial charge in [0.05, 0.1) is 34.2 Å². The van der Waals surface area contributed by atoms with Crippen LogP contribution in [-0.4, -0.2) is 66.8 Å². The Morgan fingerprint density at radius 2 is 1.95 bits per heavy atom. The fourth-order valence-corrected chi connectivity index (χ4v) is 6.36. The number of hydrogen-bond donors (Lipinski definition) is 1. The van der Waals surface area contributed by atoms with E-state index in [1.165, 1.54) is 0 Å². The fraction of sp³-hybridized carbons (Fsp3) is 0.385. The molecule has 0 aromatic carbocycles. The van der Waals surface area contributed by atoms with Gasteiger partial charge in [-0.25, -0.2) is 4.52 Å². The minimum absolute atomic E-state index is 0.140. The Morgan fingerprint density at radius 1 is 1.16 bits per heavy atom. The number of nitrogens with zero attached hydrogens (tertiary/aromatic N) is 8. The Morgan fingerprint density at radius 3 is 2.65 bits per heavy atom. The summed E-state index contributed by atoms with van der Waals surface area (Å²) in [4.78, 5) is 21.0. The number of anilines is 2. The summed E-state index contributed by atoms with van der Waals surface area (Å²) < 4.78 is 1.79. The maximum Gasteiger partial charge on any atom is 0.219 e. The standard InChI is InChI=1S/C26H27N9OS/c1-15(2)30-22-9-23(24-7-6-18-8-17(10-27)11-29-35(18)24)28-12-21(22)25-31-32-26(37-25)34-19-4-5-20(34)14-33(13-19)16(3)36/h6-9,11-12,15,19-20H,4-5,13-14H2,1-3H3,(H,28,30). The number of likely N-dealkylation sites (tertiary alicyclic amines) is 1. The Bertz CT molecular complexity index is 1520. The molecule has 2 saturated heterocycles. The van der Waals surface area contributed by atoms with E-state index in [-0.39, 0.29) is 24.0 Å². The molecule has 1 N–H and O–H groups in total. The van der Waals surface area contributed by atoms with Crippen LogP contribution in [0, 0.1) is 11.3 Å². The number of rotatable bonds is 5. The first-order chi connectivity index (χ1) is 17.9. The lowest BCUT2D eigenvalue weighted by Gasteiger charge is -2.40. The van der Waals surface area contributed by atoms with Crippen LogP contribution in [0.4, 0.5) is 10.8 Å². The summed E-state index contributed by atoms with van der Waals surface area (Å²) in [7, 11) is 0. The van der Waals surface area contributed by atoms with Gasteiger partial charge in [0.2, 0.25) is 11.0 Å². The van der Waals surface area contributed by atoms with Crippen molar-refractivity contribution >= 4 is 33.6 Å². The van der Waals surface area contributed by atoms with Crippen LogP contribution in [0.3, 0.4) is 0 Å². The molecule has 2 atom stereocenters. The van der Waals surface area contributed by atoms with Gasteiger partial charge in [0, 0.05) is 50.0 Å². The summed E-state index contributed by atoms with van der Waals surface area (Å²) in [5, 5.41) is 28.0. The number of nitrogens with one attached hydrogen (secondary N) is 1. The molecule has 10 nitrogen and oxygen atoms in total. The zero-order chi connectivity index (χ0) is 25.7. The third kappa shape index (κ3) is 4.17. The fourth-order valence-electron chi connectivity index (χ4n) is 5.35. The first-order valence-electron chi connectivity index (χ1n) is 12.4. The highest BCUT2D eigenvalue weighted by Crippen LogP contribution is 2.40. The van der Waals surface area contributed by atoms with E-state index in [0.29, 0.717) is 5.56 Å². The molecule has 2 aliphatic heterocycles. The van der Waals surface area contributed by atoms with E-state index in [9.17, 15) is 10.1 Å². The average Bonchev–Trinajstić information content (AvgIpc) is 3.58. The highest BCUT2D eigenvalue weighted by atomic mass is 32.1. The van der Waals surface area contributed by atoms with Gasteiger partial charge < -0.3 is 15.1 Å². The molecule has 6 rings (SSSR count). The predicted molar refractivity (Wildman–Crippen MR) is 142 cm³/mol. The number of hydrogen-bond acceptors (Lipinski definition) is 9. The Hall–Kier alpha value is -4.04. The van der Waals surface area contributed by atoms with Gasteiger partial charge in [-0.1, -0.05) is 11.3 Å². The molecule has 188 valence electrons. The first-order valence-corrected chi connectivity index (χ1v) is 13.3. The van der Waals surface area contributed by atoms with Gasteiger partial charge in [0.1, 0.15) is 6.07 Å². The molecular weight excluding hydrogens is 486 g/mol. The summed E-state index contributed by atoms with van der Waals surface area (Å²) in [6.45, 7) is 7.32. The van der Waals surface area contributed by atoms with E-state index >= 15 is 0 Å². The molecule has 0 radical (unpaired) electrons. The zero-order valence-electron chi connectivity index (χ0n) is 20.9. The second-order valence-corrected chi connectivity index (χ2v) is 10.9. The maximum absolute atomic E-state index is 11.9.